The van der Waals surface area contributed by atoms with Crippen molar-refractivity contribution in [1.29, 1.82) is 0 Å². The largest absolute Gasteiger partial charge is 0.349 e. The van der Waals surface area contributed by atoms with Crippen molar-refractivity contribution in [3.63, 3.8) is 0 Å². The van der Waals surface area contributed by atoms with Gasteiger partial charge in [-0.25, -0.2) is 4.98 Å². The number of nitrogens with zero attached hydrogens (tertiary/aromatic N) is 2. The zero-order valence-corrected chi connectivity index (χ0v) is 13.0. The minimum absolute atomic E-state index is 0.0363. The molecule has 0 aromatic carbocycles. The Labute approximate surface area is 134 Å². The fourth-order valence-corrected chi connectivity index (χ4v) is 3.27. The number of carbonyl (C=O) groups is 1. The summed E-state index contributed by atoms with van der Waals surface area (Å²) in [6.07, 6.45) is 10.2. The Balaban J connectivity index is 1.50. The molecule has 2 aromatic heterocycles. The van der Waals surface area contributed by atoms with E-state index in [0.717, 1.165) is 11.3 Å². The van der Waals surface area contributed by atoms with Crippen LogP contribution in [0.1, 0.15) is 31.4 Å². The minimum Gasteiger partial charge on any atom is -0.349 e. The zero-order valence-electron chi connectivity index (χ0n) is 12.2. The van der Waals surface area contributed by atoms with E-state index in [0.29, 0.717) is 23.0 Å². The molecule has 0 radical (unpaired) electrons. The molecular formula is C17H18ClN3O. The van der Waals surface area contributed by atoms with E-state index in [1.807, 2.05) is 28.8 Å². The van der Waals surface area contributed by atoms with Crippen LogP contribution in [0.25, 0.3) is 11.7 Å². The molecule has 1 amide bonds. The fraction of sp³-hybridized carbons (Fsp3) is 0.412. The molecule has 0 spiro atoms. The lowest BCUT2D eigenvalue weighted by atomic mass is 10.1. The molecule has 2 aromatic rings. The van der Waals surface area contributed by atoms with Crippen molar-refractivity contribution in [2.24, 2.45) is 11.8 Å². The second-order valence-corrected chi connectivity index (χ2v) is 6.62. The molecule has 2 saturated carbocycles. The number of imidazole rings is 1. The van der Waals surface area contributed by atoms with Gasteiger partial charge in [0.2, 0.25) is 5.91 Å². The maximum absolute atomic E-state index is 12.2. The first-order valence-electron chi connectivity index (χ1n) is 7.83. The van der Waals surface area contributed by atoms with E-state index < -0.39 is 0 Å². The number of pyridine rings is 1. The van der Waals surface area contributed by atoms with E-state index in [2.05, 4.69) is 10.3 Å². The van der Waals surface area contributed by atoms with Crippen LogP contribution in [0.5, 0.6) is 0 Å². The van der Waals surface area contributed by atoms with Crippen molar-refractivity contribution in [1.82, 2.24) is 14.7 Å². The Kier molecular flexibility index (Phi) is 3.41. The Morgan fingerprint density at radius 1 is 1.32 bits per heavy atom. The average Bonchev–Trinajstić information content (AvgIpc) is 3.40. The summed E-state index contributed by atoms with van der Waals surface area (Å²) in [6.45, 7) is 0. The average molecular weight is 316 g/mol. The third-order valence-corrected chi connectivity index (χ3v) is 4.76. The topological polar surface area (TPSA) is 46.4 Å². The van der Waals surface area contributed by atoms with Crippen molar-refractivity contribution in [3.05, 3.63) is 41.3 Å². The summed E-state index contributed by atoms with van der Waals surface area (Å²) in [6, 6.07) is 6.09. The van der Waals surface area contributed by atoms with Crippen LogP contribution in [0.2, 0.25) is 5.15 Å². The highest BCUT2D eigenvalue weighted by Crippen LogP contribution is 2.44. The lowest BCUT2D eigenvalue weighted by Gasteiger charge is -2.16. The third-order valence-electron chi connectivity index (χ3n) is 4.48. The van der Waals surface area contributed by atoms with E-state index in [9.17, 15) is 4.79 Å². The summed E-state index contributed by atoms with van der Waals surface area (Å²) in [5.74, 6) is 1.36. The van der Waals surface area contributed by atoms with Crippen molar-refractivity contribution < 1.29 is 4.79 Å². The Morgan fingerprint density at radius 2 is 2.05 bits per heavy atom. The monoisotopic (exact) mass is 315 g/mol. The number of halogens is 1. The van der Waals surface area contributed by atoms with Crippen LogP contribution >= 0.6 is 11.6 Å². The quantitative estimate of drug-likeness (QED) is 0.860. The summed E-state index contributed by atoms with van der Waals surface area (Å²) in [7, 11) is 0. The van der Waals surface area contributed by atoms with Crippen LogP contribution in [-0.2, 0) is 4.79 Å². The van der Waals surface area contributed by atoms with Gasteiger partial charge in [-0.3, -0.25) is 9.20 Å². The Bertz CT molecular complexity index is 731. The van der Waals surface area contributed by atoms with Crippen LogP contribution in [0.4, 0.5) is 0 Å². The zero-order chi connectivity index (χ0) is 15.1. The van der Waals surface area contributed by atoms with E-state index in [1.165, 1.54) is 25.7 Å². The van der Waals surface area contributed by atoms with Gasteiger partial charge in [-0.2, -0.15) is 0 Å². The minimum atomic E-state index is -0.0363. The summed E-state index contributed by atoms with van der Waals surface area (Å²) in [5, 5.41) is 3.59. The molecule has 22 heavy (non-hydrogen) atoms. The van der Waals surface area contributed by atoms with Gasteiger partial charge in [0.1, 0.15) is 5.65 Å². The van der Waals surface area contributed by atoms with Crippen molar-refractivity contribution >= 4 is 29.2 Å². The molecule has 1 N–H and O–H groups in total. The highest BCUT2D eigenvalue weighted by Gasteiger charge is 2.41. The molecule has 0 atom stereocenters. The highest BCUT2D eigenvalue weighted by atomic mass is 35.5. The van der Waals surface area contributed by atoms with Crippen molar-refractivity contribution in [3.8, 4) is 0 Å². The third kappa shape index (κ3) is 2.75. The Morgan fingerprint density at radius 3 is 2.73 bits per heavy atom. The smallest absolute Gasteiger partial charge is 0.244 e. The maximum Gasteiger partial charge on any atom is 0.244 e. The summed E-state index contributed by atoms with van der Waals surface area (Å²) >= 11 is 6.16. The molecule has 0 saturated heterocycles. The summed E-state index contributed by atoms with van der Waals surface area (Å²) in [4.78, 5) is 16.5. The number of hydrogen-bond acceptors (Lipinski definition) is 2. The number of hydrogen-bond donors (Lipinski definition) is 1. The number of amides is 1. The van der Waals surface area contributed by atoms with Crippen LogP contribution < -0.4 is 5.32 Å². The molecule has 4 nitrogen and oxygen atoms in total. The molecule has 2 aliphatic rings. The van der Waals surface area contributed by atoms with E-state index in [4.69, 9.17) is 11.6 Å². The van der Waals surface area contributed by atoms with Gasteiger partial charge in [-0.05, 0) is 55.7 Å². The SMILES string of the molecule is O=C(/C=C/c1c(Cl)nc2ccccn12)NC(C1CC1)C1CC1. The predicted octanol–water partition coefficient (Wildman–Crippen LogP) is 3.31. The Hall–Kier alpha value is -1.81. The number of rotatable bonds is 5. The van der Waals surface area contributed by atoms with Gasteiger partial charge >= 0.3 is 0 Å². The molecule has 0 aliphatic heterocycles. The van der Waals surface area contributed by atoms with Crippen LogP contribution in [0.15, 0.2) is 30.5 Å². The van der Waals surface area contributed by atoms with Crippen molar-refractivity contribution in [2.45, 2.75) is 31.7 Å². The second-order valence-electron chi connectivity index (χ2n) is 6.26. The van der Waals surface area contributed by atoms with Gasteiger partial charge in [-0.15, -0.1) is 0 Å². The lowest BCUT2D eigenvalue weighted by molar-refractivity contribution is -0.117. The number of nitrogens with one attached hydrogen (secondary N) is 1. The first-order chi connectivity index (χ1) is 10.7. The molecule has 4 rings (SSSR count). The maximum atomic E-state index is 12.2. The number of aromatic nitrogens is 2. The molecule has 2 heterocycles. The van der Waals surface area contributed by atoms with Crippen LogP contribution in [0.3, 0.4) is 0 Å². The number of carbonyl (C=O) groups excluding carboxylic acids is 1. The van der Waals surface area contributed by atoms with Gasteiger partial charge in [0, 0.05) is 18.3 Å². The first-order valence-corrected chi connectivity index (χ1v) is 8.21. The fourth-order valence-electron chi connectivity index (χ4n) is 3.03. The molecule has 0 bridgehead atoms. The molecule has 0 unspecified atom stereocenters. The normalized spacial score (nSPS) is 18.5. The van der Waals surface area contributed by atoms with Gasteiger partial charge in [0.05, 0.1) is 5.69 Å². The van der Waals surface area contributed by atoms with E-state index in [1.54, 1.807) is 12.2 Å². The summed E-state index contributed by atoms with van der Waals surface area (Å²) < 4.78 is 1.88. The molecule has 2 fully saturated rings. The standard InChI is InChI=1S/C17H18ClN3O/c18-17-13(21-10-2-1-3-14(21)19-17)8-9-15(22)20-16(11-4-5-11)12-6-7-12/h1-3,8-12,16H,4-7H2,(H,20,22)/b9-8+. The second kappa shape index (κ2) is 5.43. The van der Waals surface area contributed by atoms with Gasteiger partial charge in [-0.1, -0.05) is 17.7 Å². The highest BCUT2D eigenvalue weighted by molar-refractivity contribution is 6.31. The summed E-state index contributed by atoms with van der Waals surface area (Å²) in [5.41, 5.74) is 1.52. The number of fused-ring (bicyclic) bond motifs is 1. The molecule has 2 aliphatic carbocycles. The van der Waals surface area contributed by atoms with E-state index in [-0.39, 0.29) is 5.91 Å². The van der Waals surface area contributed by atoms with Gasteiger partial charge in [0.25, 0.3) is 0 Å². The van der Waals surface area contributed by atoms with Gasteiger partial charge < -0.3 is 5.32 Å². The van der Waals surface area contributed by atoms with Gasteiger partial charge in [0.15, 0.2) is 5.15 Å². The molecule has 5 heteroatoms. The van der Waals surface area contributed by atoms with Crippen LogP contribution in [0, 0.1) is 11.8 Å². The first kappa shape index (κ1) is 13.8. The van der Waals surface area contributed by atoms with Crippen LogP contribution in [-0.4, -0.2) is 21.3 Å². The molecule has 114 valence electrons. The molecular weight excluding hydrogens is 298 g/mol. The lowest BCUT2D eigenvalue weighted by Crippen LogP contribution is -2.37. The predicted molar refractivity (Wildman–Crippen MR) is 86.6 cm³/mol. The van der Waals surface area contributed by atoms with E-state index >= 15 is 0 Å². The van der Waals surface area contributed by atoms with Crippen molar-refractivity contribution in [2.75, 3.05) is 0 Å².